The highest BCUT2D eigenvalue weighted by atomic mass is 15.2. The van der Waals surface area contributed by atoms with Gasteiger partial charge in [0.15, 0.2) is 0 Å². The van der Waals surface area contributed by atoms with Crippen molar-refractivity contribution in [3.63, 3.8) is 0 Å². The summed E-state index contributed by atoms with van der Waals surface area (Å²) in [7, 11) is 0. The van der Waals surface area contributed by atoms with Gasteiger partial charge in [-0.25, -0.2) is 9.50 Å². The standard InChI is InChI=1S/C11H14N4/c1-2-9(6-12-4-1)10-3-5-15-11(10)7-13-8-14-15/h3,5,7-9,12H,1-2,4,6H2. The predicted molar refractivity (Wildman–Crippen MR) is 57.8 cm³/mol. The van der Waals surface area contributed by atoms with Gasteiger partial charge in [0.2, 0.25) is 0 Å². The number of piperidine rings is 1. The zero-order valence-electron chi connectivity index (χ0n) is 8.56. The molecule has 0 amide bonds. The quantitative estimate of drug-likeness (QED) is 0.755. The van der Waals surface area contributed by atoms with Gasteiger partial charge < -0.3 is 5.32 Å². The van der Waals surface area contributed by atoms with Crippen molar-refractivity contribution in [1.29, 1.82) is 0 Å². The smallest absolute Gasteiger partial charge is 0.136 e. The molecule has 2 aromatic rings. The average Bonchev–Trinajstić information content (AvgIpc) is 2.74. The molecule has 2 aromatic heterocycles. The first-order valence-electron chi connectivity index (χ1n) is 5.43. The summed E-state index contributed by atoms with van der Waals surface area (Å²) in [5.74, 6) is 0.620. The van der Waals surface area contributed by atoms with Crippen LogP contribution in [-0.4, -0.2) is 27.7 Å². The van der Waals surface area contributed by atoms with Crippen LogP contribution >= 0.6 is 0 Å². The Labute approximate surface area is 88.3 Å². The van der Waals surface area contributed by atoms with Crippen LogP contribution in [-0.2, 0) is 0 Å². The number of hydrogen-bond donors (Lipinski definition) is 1. The van der Waals surface area contributed by atoms with Gasteiger partial charge in [-0.15, -0.1) is 0 Å². The molecule has 4 heteroatoms. The highest BCUT2D eigenvalue weighted by molar-refractivity contribution is 5.54. The van der Waals surface area contributed by atoms with E-state index in [2.05, 4.69) is 21.5 Å². The van der Waals surface area contributed by atoms with Gasteiger partial charge in [-0.2, -0.15) is 5.10 Å². The molecule has 0 aromatic carbocycles. The van der Waals surface area contributed by atoms with Gasteiger partial charge in [0, 0.05) is 12.7 Å². The predicted octanol–water partition coefficient (Wildman–Crippen LogP) is 1.20. The van der Waals surface area contributed by atoms with E-state index in [1.807, 2.05) is 16.9 Å². The van der Waals surface area contributed by atoms with Gasteiger partial charge in [-0.1, -0.05) is 0 Å². The van der Waals surface area contributed by atoms with Crippen LogP contribution in [0.25, 0.3) is 5.52 Å². The molecule has 0 spiro atoms. The molecule has 1 saturated heterocycles. The van der Waals surface area contributed by atoms with Gasteiger partial charge >= 0.3 is 0 Å². The zero-order valence-corrected chi connectivity index (χ0v) is 8.56. The maximum absolute atomic E-state index is 4.18. The lowest BCUT2D eigenvalue weighted by molar-refractivity contribution is 0.463. The average molecular weight is 202 g/mol. The molecule has 1 aliphatic heterocycles. The Balaban J connectivity index is 2.02. The van der Waals surface area contributed by atoms with Gasteiger partial charge in [-0.3, -0.25) is 0 Å². The molecule has 1 aliphatic rings. The third-order valence-electron chi connectivity index (χ3n) is 3.11. The van der Waals surface area contributed by atoms with E-state index in [-0.39, 0.29) is 0 Å². The SMILES string of the molecule is c1ncc2c(C3CCCNC3)ccn2n1. The van der Waals surface area contributed by atoms with E-state index in [1.165, 1.54) is 18.4 Å². The van der Waals surface area contributed by atoms with Crippen molar-refractivity contribution in [2.45, 2.75) is 18.8 Å². The third-order valence-corrected chi connectivity index (χ3v) is 3.11. The molecule has 3 rings (SSSR count). The molecule has 4 nitrogen and oxygen atoms in total. The lowest BCUT2D eigenvalue weighted by atomic mass is 9.93. The molecule has 0 radical (unpaired) electrons. The number of nitrogens with one attached hydrogen (secondary N) is 1. The van der Waals surface area contributed by atoms with Crippen molar-refractivity contribution in [3.05, 3.63) is 30.4 Å². The molecular formula is C11H14N4. The third kappa shape index (κ3) is 1.51. The van der Waals surface area contributed by atoms with Gasteiger partial charge in [0.05, 0.1) is 11.7 Å². The molecule has 1 atom stereocenters. The molecule has 0 bridgehead atoms. The minimum Gasteiger partial charge on any atom is -0.316 e. The number of fused-ring (bicyclic) bond motifs is 1. The summed E-state index contributed by atoms with van der Waals surface area (Å²) in [5.41, 5.74) is 2.52. The Morgan fingerprint density at radius 1 is 1.47 bits per heavy atom. The topological polar surface area (TPSA) is 42.2 Å². The van der Waals surface area contributed by atoms with Crippen LogP contribution in [0.1, 0.15) is 24.3 Å². The van der Waals surface area contributed by atoms with Crippen LogP contribution in [0.4, 0.5) is 0 Å². The van der Waals surface area contributed by atoms with Crippen molar-refractivity contribution in [2.24, 2.45) is 0 Å². The molecule has 15 heavy (non-hydrogen) atoms. The van der Waals surface area contributed by atoms with E-state index in [9.17, 15) is 0 Å². The summed E-state index contributed by atoms with van der Waals surface area (Å²) < 4.78 is 1.90. The normalized spacial score (nSPS) is 22.0. The number of rotatable bonds is 1. The van der Waals surface area contributed by atoms with Crippen LogP contribution in [0, 0.1) is 0 Å². The Kier molecular flexibility index (Phi) is 2.14. The first kappa shape index (κ1) is 8.85. The minimum absolute atomic E-state index is 0.620. The molecule has 0 saturated carbocycles. The summed E-state index contributed by atoms with van der Waals surface area (Å²) in [6, 6.07) is 2.17. The van der Waals surface area contributed by atoms with E-state index in [0.717, 1.165) is 18.6 Å². The monoisotopic (exact) mass is 202 g/mol. The molecule has 1 N–H and O–H groups in total. The van der Waals surface area contributed by atoms with E-state index in [0.29, 0.717) is 5.92 Å². The second kappa shape index (κ2) is 3.62. The van der Waals surface area contributed by atoms with E-state index >= 15 is 0 Å². The second-order valence-electron chi connectivity index (χ2n) is 4.05. The second-order valence-corrected chi connectivity index (χ2v) is 4.05. The fraction of sp³-hybridized carbons (Fsp3) is 0.455. The summed E-state index contributed by atoms with van der Waals surface area (Å²) >= 11 is 0. The molecule has 78 valence electrons. The zero-order chi connectivity index (χ0) is 10.1. The van der Waals surface area contributed by atoms with E-state index in [4.69, 9.17) is 0 Å². The van der Waals surface area contributed by atoms with Gasteiger partial charge in [0.1, 0.15) is 6.33 Å². The van der Waals surface area contributed by atoms with Crippen LogP contribution in [0.2, 0.25) is 0 Å². The first-order valence-corrected chi connectivity index (χ1v) is 5.43. The van der Waals surface area contributed by atoms with Crippen LogP contribution < -0.4 is 5.32 Å². The maximum atomic E-state index is 4.18. The van der Waals surface area contributed by atoms with Crippen molar-refractivity contribution in [2.75, 3.05) is 13.1 Å². The van der Waals surface area contributed by atoms with Gasteiger partial charge in [0.25, 0.3) is 0 Å². The fourth-order valence-electron chi connectivity index (χ4n) is 2.34. The highest BCUT2D eigenvalue weighted by Gasteiger charge is 2.18. The Morgan fingerprint density at radius 3 is 3.33 bits per heavy atom. The van der Waals surface area contributed by atoms with Crippen LogP contribution in [0.5, 0.6) is 0 Å². The number of nitrogens with zero attached hydrogens (tertiary/aromatic N) is 3. The highest BCUT2D eigenvalue weighted by Crippen LogP contribution is 2.26. The largest absolute Gasteiger partial charge is 0.316 e. The summed E-state index contributed by atoms with van der Waals surface area (Å²) in [6.45, 7) is 2.23. The van der Waals surface area contributed by atoms with Crippen molar-refractivity contribution in [1.82, 2.24) is 19.9 Å². The fourth-order valence-corrected chi connectivity index (χ4v) is 2.34. The molecule has 1 unspecified atom stereocenters. The lowest BCUT2D eigenvalue weighted by Crippen LogP contribution is -2.28. The number of aromatic nitrogens is 3. The molecule has 0 aliphatic carbocycles. The van der Waals surface area contributed by atoms with Crippen molar-refractivity contribution < 1.29 is 0 Å². The number of hydrogen-bond acceptors (Lipinski definition) is 3. The minimum atomic E-state index is 0.620. The molecular weight excluding hydrogens is 188 g/mol. The Morgan fingerprint density at radius 2 is 2.47 bits per heavy atom. The van der Waals surface area contributed by atoms with Crippen LogP contribution in [0.3, 0.4) is 0 Å². The summed E-state index contributed by atoms with van der Waals surface area (Å²) in [4.78, 5) is 4.09. The Hall–Kier alpha value is -1.42. The molecule has 1 fully saturated rings. The van der Waals surface area contributed by atoms with Crippen molar-refractivity contribution >= 4 is 5.52 Å². The van der Waals surface area contributed by atoms with Crippen LogP contribution in [0.15, 0.2) is 24.8 Å². The van der Waals surface area contributed by atoms with E-state index in [1.54, 1.807) is 6.33 Å². The lowest BCUT2D eigenvalue weighted by Gasteiger charge is -2.22. The molecule has 3 heterocycles. The summed E-state index contributed by atoms with van der Waals surface area (Å²) in [6.07, 6.45) is 8.02. The van der Waals surface area contributed by atoms with Gasteiger partial charge in [-0.05, 0) is 36.9 Å². The first-order chi connectivity index (χ1) is 7.45. The summed E-state index contributed by atoms with van der Waals surface area (Å²) in [5, 5.41) is 7.62. The Bertz CT molecular complexity index is 456. The van der Waals surface area contributed by atoms with E-state index < -0.39 is 0 Å². The maximum Gasteiger partial charge on any atom is 0.136 e. The van der Waals surface area contributed by atoms with Crippen molar-refractivity contribution in [3.8, 4) is 0 Å².